The van der Waals surface area contributed by atoms with Gasteiger partial charge in [0.05, 0.1) is 6.61 Å². The normalized spacial score (nSPS) is 13.6. The van der Waals surface area contributed by atoms with Crippen molar-refractivity contribution in [2.45, 2.75) is 277 Å². The smallest absolute Gasteiger partial charge is 0.306 e. The quantitative estimate of drug-likeness (QED) is 0.0373. The predicted octanol–water partition coefficient (Wildman–Crippen LogP) is 24.5. The van der Waals surface area contributed by atoms with Crippen molar-refractivity contribution < 1.29 is 24.2 Å². The predicted molar refractivity (Wildman–Crippen MR) is 379 cm³/mol. The van der Waals surface area contributed by atoms with Gasteiger partial charge in [0.25, 0.3) is 0 Å². The van der Waals surface area contributed by atoms with Gasteiger partial charge in [0.1, 0.15) is 6.61 Å². The van der Waals surface area contributed by atoms with Gasteiger partial charge in [-0.3, -0.25) is 9.59 Å². The summed E-state index contributed by atoms with van der Waals surface area (Å²) in [6.45, 7) is 3.90. The van der Waals surface area contributed by atoms with Gasteiger partial charge in [0.15, 0.2) is 6.10 Å². The summed E-state index contributed by atoms with van der Waals surface area (Å²) in [6, 6.07) is 0. The van der Waals surface area contributed by atoms with E-state index in [1.807, 2.05) is 0 Å². The molecule has 5 nitrogen and oxygen atoms in total. The van der Waals surface area contributed by atoms with E-state index in [-0.39, 0.29) is 25.2 Å². The van der Waals surface area contributed by atoms with Crippen molar-refractivity contribution in [3.05, 3.63) is 207 Å². The molecule has 1 atom stereocenters. The highest BCUT2D eigenvalue weighted by Gasteiger charge is 2.16. The van der Waals surface area contributed by atoms with E-state index < -0.39 is 6.10 Å². The molecule has 0 saturated heterocycles. The van der Waals surface area contributed by atoms with Gasteiger partial charge in [-0.2, -0.15) is 0 Å². The van der Waals surface area contributed by atoms with E-state index in [0.717, 1.165) is 154 Å². The summed E-state index contributed by atoms with van der Waals surface area (Å²) >= 11 is 0. The molecule has 86 heavy (non-hydrogen) atoms. The molecule has 480 valence electrons. The van der Waals surface area contributed by atoms with Crippen LogP contribution in [0.1, 0.15) is 271 Å². The number of aliphatic hydroxyl groups excluding tert-OH is 1. The molecular formula is C81H126O5. The van der Waals surface area contributed by atoms with Crippen LogP contribution in [0.25, 0.3) is 0 Å². The second-order valence-electron chi connectivity index (χ2n) is 22.1. The molecule has 0 aliphatic rings. The molecule has 0 spiro atoms. The monoisotopic (exact) mass is 1180 g/mol. The average Bonchev–Trinajstić information content (AvgIpc) is 3.54. The lowest BCUT2D eigenvalue weighted by Crippen LogP contribution is -2.28. The molecule has 1 N–H and O–H groups in total. The first kappa shape index (κ1) is 80.5. The van der Waals surface area contributed by atoms with Gasteiger partial charge in [-0.05, 0) is 148 Å². The molecule has 0 aromatic rings. The Balaban J connectivity index is 3.61. The van der Waals surface area contributed by atoms with Crippen molar-refractivity contribution in [3.63, 3.8) is 0 Å². The van der Waals surface area contributed by atoms with Crippen molar-refractivity contribution in [1.29, 1.82) is 0 Å². The molecule has 5 heteroatoms. The Hall–Kier alpha value is -5.52. The third-order valence-corrected chi connectivity index (χ3v) is 14.1. The Kier molecular flexibility index (Phi) is 69.0. The number of ether oxygens (including phenoxy) is 2. The van der Waals surface area contributed by atoms with Crippen LogP contribution in [0.5, 0.6) is 0 Å². The summed E-state index contributed by atoms with van der Waals surface area (Å²) in [5, 5.41) is 9.70. The highest BCUT2D eigenvalue weighted by Crippen LogP contribution is 2.15. The van der Waals surface area contributed by atoms with Gasteiger partial charge < -0.3 is 14.6 Å². The van der Waals surface area contributed by atoms with Crippen molar-refractivity contribution in [3.8, 4) is 0 Å². The number of unbranched alkanes of at least 4 members (excludes halogenated alkanes) is 19. The number of aliphatic hydroxyl groups is 1. The van der Waals surface area contributed by atoms with Crippen LogP contribution in [0.3, 0.4) is 0 Å². The first-order valence-electron chi connectivity index (χ1n) is 34.6. The molecule has 1 unspecified atom stereocenters. The van der Waals surface area contributed by atoms with Crippen LogP contribution in [0, 0.1) is 0 Å². The SMILES string of the molecule is CC/C=C\C/C=C\C/C=C\C/C=C\C/C=C\C/C=C\C/C=C\C/C=C\C/C=C\C/C=C\C/C=C\CCCCCCCCCC(=O)OC(CO)COC(=O)CCCCCCCCCCCCCC/C=C\C/C=C\C/C=C\C/C=C\C/C=C\C/C=C\CC. The van der Waals surface area contributed by atoms with Crippen LogP contribution in [-0.2, 0) is 19.1 Å². The third-order valence-electron chi connectivity index (χ3n) is 14.1. The minimum Gasteiger partial charge on any atom is -0.462 e. The largest absolute Gasteiger partial charge is 0.462 e. The fraction of sp³-hybridized carbons (Fsp3) is 0.556. The Morgan fingerprint density at radius 1 is 0.267 bits per heavy atom. The summed E-state index contributed by atoms with van der Waals surface area (Å²) in [7, 11) is 0. The summed E-state index contributed by atoms with van der Waals surface area (Å²) < 4.78 is 10.7. The summed E-state index contributed by atoms with van der Waals surface area (Å²) in [5.41, 5.74) is 0. The molecule has 0 amide bonds. The van der Waals surface area contributed by atoms with Gasteiger partial charge in [0.2, 0.25) is 0 Å². The van der Waals surface area contributed by atoms with Crippen LogP contribution < -0.4 is 0 Å². The average molecular weight is 1180 g/mol. The molecule has 0 aromatic carbocycles. The number of rotatable bonds is 61. The highest BCUT2D eigenvalue weighted by atomic mass is 16.6. The van der Waals surface area contributed by atoms with E-state index >= 15 is 0 Å². The van der Waals surface area contributed by atoms with E-state index in [4.69, 9.17) is 9.47 Å². The molecule has 0 aliphatic heterocycles. The zero-order valence-electron chi connectivity index (χ0n) is 55.0. The number of carbonyl (C=O) groups is 2. The van der Waals surface area contributed by atoms with Gasteiger partial charge in [0, 0.05) is 12.8 Å². The summed E-state index contributed by atoms with van der Waals surface area (Å²) in [5.74, 6) is -0.616. The number of carbonyl (C=O) groups excluding carboxylic acids is 2. The van der Waals surface area contributed by atoms with E-state index in [1.54, 1.807) is 0 Å². The van der Waals surface area contributed by atoms with Crippen LogP contribution in [0.15, 0.2) is 207 Å². The van der Waals surface area contributed by atoms with Crippen molar-refractivity contribution in [2.24, 2.45) is 0 Å². The van der Waals surface area contributed by atoms with Crippen LogP contribution in [-0.4, -0.2) is 36.4 Å². The Morgan fingerprint density at radius 3 is 0.698 bits per heavy atom. The van der Waals surface area contributed by atoms with E-state index in [2.05, 4.69) is 220 Å². The van der Waals surface area contributed by atoms with Crippen molar-refractivity contribution in [2.75, 3.05) is 13.2 Å². The number of allylic oxidation sites excluding steroid dienone is 34. The van der Waals surface area contributed by atoms with Crippen molar-refractivity contribution >= 4 is 11.9 Å². The zero-order valence-corrected chi connectivity index (χ0v) is 55.0. The standard InChI is InChI=1S/C81H126O5/c1-3-5-7-9-11-13-15-17-19-21-23-25-27-29-31-33-35-36-37-38-39-40-41-42-43-44-46-48-50-52-54-56-58-60-62-64-66-68-70-72-74-76-81(84)86-79(77-82)78-85-80(83)75-73-71-69-67-65-63-61-59-57-55-53-51-49-47-45-34-32-30-28-26-24-22-20-18-16-14-12-10-8-6-4-2/h5-8,11-14,17-20,23-26,29-32,35-36,38-39,41-42,44-47,50,52,56,58,79,82H,3-4,9-10,15-16,21-22,27-28,33-34,37,40,43,48-49,51,53-55,57,59-78H2,1-2H3/b7-5-,8-6-,13-11-,14-12-,19-17-,20-18-,25-23-,26-24-,31-29-,32-30-,36-35-,39-38-,42-41-,46-44-,47-45-,52-50-,58-56-. The lowest BCUT2D eigenvalue weighted by atomic mass is 10.0. The minimum absolute atomic E-state index is 0.0835. The van der Waals surface area contributed by atoms with Gasteiger partial charge in [-0.1, -0.05) is 317 Å². The minimum atomic E-state index is -0.796. The maximum Gasteiger partial charge on any atom is 0.306 e. The Bertz CT molecular complexity index is 2020. The van der Waals surface area contributed by atoms with Crippen molar-refractivity contribution in [1.82, 2.24) is 0 Å². The Morgan fingerprint density at radius 2 is 0.465 bits per heavy atom. The molecular weight excluding hydrogens is 1050 g/mol. The van der Waals surface area contributed by atoms with E-state index in [1.165, 1.54) is 89.9 Å². The van der Waals surface area contributed by atoms with Crippen LogP contribution in [0.4, 0.5) is 0 Å². The molecule has 0 saturated carbocycles. The Labute approximate surface area is 530 Å². The second-order valence-corrected chi connectivity index (χ2v) is 22.1. The number of esters is 2. The first-order valence-corrected chi connectivity index (χ1v) is 34.6. The summed E-state index contributed by atoms with van der Waals surface area (Å²) in [6.07, 6.45) is 118. The molecule has 0 heterocycles. The third kappa shape index (κ3) is 71.0. The number of hydrogen-bond acceptors (Lipinski definition) is 5. The fourth-order valence-electron chi connectivity index (χ4n) is 8.98. The van der Waals surface area contributed by atoms with Crippen LogP contribution >= 0.6 is 0 Å². The van der Waals surface area contributed by atoms with Gasteiger partial charge in [-0.15, -0.1) is 0 Å². The molecule has 0 aromatic heterocycles. The van der Waals surface area contributed by atoms with Gasteiger partial charge in [-0.25, -0.2) is 0 Å². The fourth-order valence-corrected chi connectivity index (χ4v) is 8.98. The number of hydrogen-bond donors (Lipinski definition) is 1. The van der Waals surface area contributed by atoms with Crippen LogP contribution in [0.2, 0.25) is 0 Å². The van der Waals surface area contributed by atoms with Gasteiger partial charge >= 0.3 is 11.9 Å². The molecule has 0 fully saturated rings. The maximum absolute atomic E-state index is 12.4. The summed E-state index contributed by atoms with van der Waals surface area (Å²) in [4.78, 5) is 24.7. The molecule has 0 aliphatic carbocycles. The second kappa shape index (κ2) is 73.7. The molecule has 0 bridgehead atoms. The van der Waals surface area contributed by atoms with E-state index in [0.29, 0.717) is 12.8 Å². The lowest BCUT2D eigenvalue weighted by molar-refractivity contribution is -0.161. The molecule has 0 rings (SSSR count). The highest BCUT2D eigenvalue weighted by molar-refractivity contribution is 5.70. The lowest BCUT2D eigenvalue weighted by Gasteiger charge is -2.15. The first-order chi connectivity index (χ1) is 42.6. The van der Waals surface area contributed by atoms with E-state index in [9.17, 15) is 14.7 Å². The maximum atomic E-state index is 12.4. The molecule has 0 radical (unpaired) electrons. The topological polar surface area (TPSA) is 72.8 Å². The zero-order chi connectivity index (χ0) is 61.9.